The van der Waals surface area contributed by atoms with Crippen LogP contribution in [0.5, 0.6) is 17.4 Å². The predicted octanol–water partition coefficient (Wildman–Crippen LogP) is 4.28. The number of benzene rings is 2. The van der Waals surface area contributed by atoms with Gasteiger partial charge in [-0.15, -0.1) is 0 Å². The fraction of sp³-hybridized carbons (Fsp3) is 0.261. The molecule has 0 bridgehead atoms. The molecule has 3 aromatic rings. The first-order chi connectivity index (χ1) is 15.0. The minimum atomic E-state index is -0.0533. The topological polar surface area (TPSA) is 67.8 Å². The molecule has 0 unspecified atom stereocenters. The maximum atomic E-state index is 13.0. The van der Waals surface area contributed by atoms with Crippen molar-refractivity contribution in [3.63, 3.8) is 0 Å². The summed E-state index contributed by atoms with van der Waals surface area (Å²) < 4.78 is 11.1. The second-order valence-corrected chi connectivity index (χ2v) is 7.68. The summed E-state index contributed by atoms with van der Waals surface area (Å²) >= 11 is 6.22. The molecule has 0 spiro atoms. The van der Waals surface area contributed by atoms with Crippen molar-refractivity contribution in [2.24, 2.45) is 0 Å². The van der Waals surface area contributed by atoms with Crippen LogP contribution in [0.25, 0.3) is 0 Å². The van der Waals surface area contributed by atoms with Gasteiger partial charge in [0.2, 0.25) is 5.88 Å². The summed E-state index contributed by atoms with van der Waals surface area (Å²) in [5.74, 6) is 2.49. The fourth-order valence-electron chi connectivity index (χ4n) is 3.60. The van der Waals surface area contributed by atoms with Crippen molar-refractivity contribution in [3.05, 3.63) is 71.5 Å². The number of methoxy groups -OCH3 is 1. The molecule has 1 atom stereocenters. The van der Waals surface area contributed by atoms with E-state index in [-0.39, 0.29) is 11.9 Å². The first-order valence-electron chi connectivity index (χ1n) is 9.99. The van der Waals surface area contributed by atoms with E-state index in [1.807, 2.05) is 42.2 Å². The van der Waals surface area contributed by atoms with Gasteiger partial charge in [-0.25, -0.2) is 9.97 Å². The van der Waals surface area contributed by atoms with E-state index in [4.69, 9.17) is 21.1 Å². The van der Waals surface area contributed by atoms with Gasteiger partial charge < -0.3 is 19.3 Å². The summed E-state index contributed by atoms with van der Waals surface area (Å²) in [6, 6.07) is 16.3. The number of anilines is 1. The van der Waals surface area contributed by atoms with Crippen LogP contribution in [-0.4, -0.2) is 53.6 Å². The van der Waals surface area contributed by atoms with Crippen molar-refractivity contribution < 1.29 is 14.3 Å². The first kappa shape index (κ1) is 20.9. The fourth-order valence-corrected chi connectivity index (χ4v) is 3.82. The van der Waals surface area contributed by atoms with Crippen LogP contribution in [0, 0.1) is 0 Å². The molecule has 0 radical (unpaired) electrons. The molecule has 2 aromatic carbocycles. The minimum absolute atomic E-state index is 0.00441. The van der Waals surface area contributed by atoms with Crippen molar-refractivity contribution in [1.29, 1.82) is 0 Å². The van der Waals surface area contributed by atoms with Crippen molar-refractivity contribution in [2.75, 3.05) is 31.6 Å². The quantitative estimate of drug-likeness (QED) is 0.592. The van der Waals surface area contributed by atoms with Crippen LogP contribution >= 0.6 is 11.6 Å². The summed E-state index contributed by atoms with van der Waals surface area (Å²) in [4.78, 5) is 25.5. The summed E-state index contributed by atoms with van der Waals surface area (Å²) in [5.41, 5.74) is 0.528. The van der Waals surface area contributed by atoms with Crippen molar-refractivity contribution in [2.45, 2.75) is 13.0 Å². The molecule has 1 saturated heterocycles. The lowest BCUT2D eigenvalue weighted by Crippen LogP contribution is -2.54. The van der Waals surface area contributed by atoms with Gasteiger partial charge in [0.15, 0.2) is 0 Å². The SMILES string of the molecule is COc1cccc(Oc2cc(N3CCN(C(=O)c4ccccc4Cl)[C@@H](C)C3)ncn2)c1. The lowest BCUT2D eigenvalue weighted by Gasteiger charge is -2.40. The van der Waals surface area contributed by atoms with E-state index in [2.05, 4.69) is 14.9 Å². The van der Waals surface area contributed by atoms with Gasteiger partial charge in [0.1, 0.15) is 23.6 Å². The van der Waals surface area contributed by atoms with Crippen LogP contribution in [0.3, 0.4) is 0 Å². The van der Waals surface area contributed by atoms with Gasteiger partial charge >= 0.3 is 0 Å². The summed E-state index contributed by atoms with van der Waals surface area (Å²) in [6.45, 7) is 3.89. The predicted molar refractivity (Wildman–Crippen MR) is 119 cm³/mol. The van der Waals surface area contributed by atoms with E-state index in [1.165, 1.54) is 6.33 Å². The number of hydrogen-bond acceptors (Lipinski definition) is 6. The molecule has 31 heavy (non-hydrogen) atoms. The van der Waals surface area contributed by atoms with Crippen LogP contribution in [0.1, 0.15) is 17.3 Å². The normalized spacial score (nSPS) is 16.2. The van der Waals surface area contributed by atoms with Crippen molar-refractivity contribution >= 4 is 23.3 Å². The molecule has 1 aromatic heterocycles. The molecule has 8 heteroatoms. The Morgan fingerprint density at radius 2 is 1.87 bits per heavy atom. The van der Waals surface area contributed by atoms with Gasteiger partial charge in [0, 0.05) is 37.8 Å². The van der Waals surface area contributed by atoms with Gasteiger partial charge in [-0.3, -0.25) is 4.79 Å². The van der Waals surface area contributed by atoms with Crippen LogP contribution in [0.2, 0.25) is 5.02 Å². The van der Waals surface area contributed by atoms with Crippen molar-refractivity contribution in [3.8, 4) is 17.4 Å². The second-order valence-electron chi connectivity index (χ2n) is 7.27. The third kappa shape index (κ3) is 4.72. The average Bonchev–Trinajstić information content (AvgIpc) is 2.79. The number of amides is 1. The molecule has 4 rings (SSSR count). The summed E-state index contributed by atoms with van der Waals surface area (Å²) in [6.07, 6.45) is 1.48. The number of ether oxygens (including phenoxy) is 2. The Kier molecular flexibility index (Phi) is 6.23. The van der Waals surface area contributed by atoms with Gasteiger partial charge in [0.25, 0.3) is 5.91 Å². The van der Waals surface area contributed by atoms with E-state index in [0.717, 1.165) is 5.82 Å². The molecule has 2 heterocycles. The number of nitrogens with zero attached hydrogens (tertiary/aromatic N) is 4. The zero-order chi connectivity index (χ0) is 21.8. The highest BCUT2D eigenvalue weighted by molar-refractivity contribution is 6.33. The molecule has 1 fully saturated rings. The van der Waals surface area contributed by atoms with E-state index in [1.54, 1.807) is 31.4 Å². The number of aromatic nitrogens is 2. The van der Waals surface area contributed by atoms with Crippen LogP contribution < -0.4 is 14.4 Å². The van der Waals surface area contributed by atoms with Gasteiger partial charge in [-0.2, -0.15) is 0 Å². The monoisotopic (exact) mass is 438 g/mol. The molecule has 1 amide bonds. The zero-order valence-corrected chi connectivity index (χ0v) is 18.1. The number of piperazine rings is 1. The van der Waals surface area contributed by atoms with E-state index in [9.17, 15) is 4.79 Å². The minimum Gasteiger partial charge on any atom is -0.497 e. The van der Waals surface area contributed by atoms with Gasteiger partial charge in [-0.05, 0) is 31.2 Å². The van der Waals surface area contributed by atoms with E-state index >= 15 is 0 Å². The Labute approximate surface area is 186 Å². The maximum absolute atomic E-state index is 13.0. The third-order valence-corrected chi connectivity index (χ3v) is 5.54. The van der Waals surface area contributed by atoms with E-state index < -0.39 is 0 Å². The summed E-state index contributed by atoms with van der Waals surface area (Å²) in [5, 5.41) is 0.470. The molecular weight excluding hydrogens is 416 g/mol. The van der Waals surface area contributed by atoms with Gasteiger partial charge in [0.05, 0.1) is 17.7 Å². The highest BCUT2D eigenvalue weighted by Crippen LogP contribution is 2.27. The molecule has 1 aliphatic rings. The molecular formula is C23H23ClN4O3. The van der Waals surface area contributed by atoms with E-state index in [0.29, 0.717) is 47.6 Å². The molecule has 160 valence electrons. The number of carbonyl (C=O) groups excluding carboxylic acids is 1. The average molecular weight is 439 g/mol. The van der Waals surface area contributed by atoms with Crippen LogP contribution in [0.4, 0.5) is 5.82 Å². The highest BCUT2D eigenvalue weighted by Gasteiger charge is 2.29. The maximum Gasteiger partial charge on any atom is 0.255 e. The number of rotatable bonds is 5. The molecule has 0 saturated carbocycles. The lowest BCUT2D eigenvalue weighted by molar-refractivity contribution is 0.0674. The zero-order valence-electron chi connectivity index (χ0n) is 17.4. The third-order valence-electron chi connectivity index (χ3n) is 5.21. The second kappa shape index (κ2) is 9.22. The standard InChI is InChI=1S/C23H23ClN4O3/c1-16-14-27(10-11-28(16)23(29)19-8-3-4-9-20(19)24)21-13-22(26-15-25-21)31-18-7-5-6-17(12-18)30-2/h3-9,12-13,15-16H,10-11,14H2,1-2H3/t16-/m0/s1. The molecule has 0 N–H and O–H groups in total. The molecule has 7 nitrogen and oxygen atoms in total. The summed E-state index contributed by atoms with van der Waals surface area (Å²) in [7, 11) is 1.61. The lowest BCUT2D eigenvalue weighted by atomic mass is 10.1. The smallest absolute Gasteiger partial charge is 0.255 e. The Morgan fingerprint density at radius 3 is 2.65 bits per heavy atom. The van der Waals surface area contributed by atoms with Crippen LogP contribution in [0.15, 0.2) is 60.9 Å². The highest BCUT2D eigenvalue weighted by atomic mass is 35.5. The van der Waals surface area contributed by atoms with Gasteiger partial charge in [-0.1, -0.05) is 29.8 Å². The number of carbonyl (C=O) groups is 1. The first-order valence-corrected chi connectivity index (χ1v) is 10.4. The number of hydrogen-bond donors (Lipinski definition) is 0. The Hall–Kier alpha value is -3.32. The van der Waals surface area contributed by atoms with Crippen molar-refractivity contribution in [1.82, 2.24) is 14.9 Å². The largest absolute Gasteiger partial charge is 0.497 e. The molecule has 0 aliphatic carbocycles. The van der Waals surface area contributed by atoms with Crippen LogP contribution in [-0.2, 0) is 0 Å². The Balaban J connectivity index is 1.45. The Morgan fingerprint density at radius 1 is 1.06 bits per heavy atom. The Bertz CT molecular complexity index is 1080. The number of halogens is 1. The molecule has 1 aliphatic heterocycles.